The molecule has 0 fully saturated rings. The molecule has 1 heterocycles. The molecule has 140 valence electrons. The Morgan fingerprint density at radius 1 is 1.04 bits per heavy atom. The number of anilines is 1. The molecule has 3 aromatic carbocycles. The molecule has 0 atom stereocenters. The Morgan fingerprint density at radius 2 is 1.82 bits per heavy atom. The number of carbonyl (C=O) groups is 1. The molecule has 4 rings (SSSR count). The molecular formula is C23H20N2OS2. The smallest absolute Gasteiger partial charge is 0.230 e. The van der Waals surface area contributed by atoms with E-state index in [1.165, 1.54) is 11.1 Å². The van der Waals surface area contributed by atoms with Crippen molar-refractivity contribution in [3.8, 4) is 0 Å². The number of thioether (sulfide) groups is 1. The van der Waals surface area contributed by atoms with Crippen LogP contribution in [0.5, 0.6) is 0 Å². The van der Waals surface area contributed by atoms with Crippen molar-refractivity contribution >= 4 is 45.5 Å². The second kappa shape index (κ2) is 8.59. The first-order chi connectivity index (χ1) is 13.7. The van der Waals surface area contributed by atoms with Gasteiger partial charge in [0.05, 0.1) is 12.1 Å². The normalized spacial score (nSPS) is 10.9. The van der Waals surface area contributed by atoms with Gasteiger partial charge in [-0.2, -0.15) is 0 Å². The highest BCUT2D eigenvalue weighted by Gasteiger charge is 2.10. The molecule has 3 nitrogen and oxygen atoms in total. The molecule has 0 radical (unpaired) electrons. The SMILES string of the molecule is Cc1ccc(CSc2nc(CC(=O)Nc3cccc4ccccc34)cs2)cc1. The summed E-state index contributed by atoms with van der Waals surface area (Å²) in [6.45, 7) is 2.09. The third kappa shape index (κ3) is 4.61. The topological polar surface area (TPSA) is 42.0 Å². The van der Waals surface area contributed by atoms with Gasteiger partial charge in [-0.3, -0.25) is 4.79 Å². The molecular weight excluding hydrogens is 384 g/mol. The Morgan fingerprint density at radius 3 is 2.68 bits per heavy atom. The summed E-state index contributed by atoms with van der Waals surface area (Å²) in [4.78, 5) is 17.1. The molecule has 1 amide bonds. The summed E-state index contributed by atoms with van der Waals surface area (Å²) in [6.07, 6.45) is 0.283. The van der Waals surface area contributed by atoms with Crippen LogP contribution in [0.25, 0.3) is 10.8 Å². The van der Waals surface area contributed by atoms with Gasteiger partial charge in [0.2, 0.25) is 5.91 Å². The maximum atomic E-state index is 12.5. The Kier molecular flexibility index (Phi) is 5.74. The van der Waals surface area contributed by atoms with Gasteiger partial charge in [0, 0.05) is 22.2 Å². The Bertz CT molecular complexity index is 1100. The van der Waals surface area contributed by atoms with E-state index in [1.54, 1.807) is 23.1 Å². The summed E-state index contributed by atoms with van der Waals surface area (Å²) in [6, 6.07) is 22.5. The monoisotopic (exact) mass is 404 g/mol. The van der Waals surface area contributed by atoms with Crippen LogP contribution in [0.2, 0.25) is 0 Å². The highest BCUT2D eigenvalue weighted by atomic mass is 32.2. The van der Waals surface area contributed by atoms with E-state index < -0.39 is 0 Å². The summed E-state index contributed by atoms with van der Waals surface area (Å²) in [5.74, 6) is 0.840. The minimum atomic E-state index is -0.0447. The zero-order chi connectivity index (χ0) is 19.3. The number of benzene rings is 3. The first-order valence-electron chi connectivity index (χ1n) is 9.08. The average Bonchev–Trinajstić information content (AvgIpc) is 3.15. The lowest BCUT2D eigenvalue weighted by Crippen LogP contribution is -2.14. The number of nitrogens with one attached hydrogen (secondary N) is 1. The lowest BCUT2D eigenvalue weighted by atomic mass is 10.1. The van der Waals surface area contributed by atoms with Gasteiger partial charge in [-0.05, 0) is 23.9 Å². The first kappa shape index (κ1) is 18.7. The van der Waals surface area contributed by atoms with Crippen molar-refractivity contribution in [2.24, 2.45) is 0 Å². The van der Waals surface area contributed by atoms with E-state index in [0.717, 1.165) is 32.2 Å². The molecule has 4 aromatic rings. The van der Waals surface area contributed by atoms with E-state index >= 15 is 0 Å². The summed E-state index contributed by atoms with van der Waals surface area (Å²) in [5, 5.41) is 7.16. The maximum Gasteiger partial charge on any atom is 0.230 e. The van der Waals surface area contributed by atoms with Gasteiger partial charge in [0.15, 0.2) is 0 Å². The third-order valence-electron chi connectivity index (χ3n) is 4.42. The van der Waals surface area contributed by atoms with Crippen molar-refractivity contribution in [1.29, 1.82) is 0 Å². The van der Waals surface area contributed by atoms with Gasteiger partial charge < -0.3 is 5.32 Å². The van der Waals surface area contributed by atoms with Gasteiger partial charge in [-0.15, -0.1) is 11.3 Å². The quantitative estimate of drug-likeness (QED) is 0.396. The number of nitrogens with zero attached hydrogens (tertiary/aromatic N) is 1. The zero-order valence-electron chi connectivity index (χ0n) is 15.5. The lowest BCUT2D eigenvalue weighted by Gasteiger charge is -2.08. The Labute approximate surface area is 172 Å². The van der Waals surface area contributed by atoms with E-state index in [4.69, 9.17) is 0 Å². The largest absolute Gasteiger partial charge is 0.325 e. The number of amides is 1. The summed E-state index contributed by atoms with van der Waals surface area (Å²) in [7, 11) is 0. The summed E-state index contributed by atoms with van der Waals surface area (Å²) < 4.78 is 0.994. The number of thiazole rings is 1. The average molecular weight is 405 g/mol. The van der Waals surface area contributed by atoms with Gasteiger partial charge in [0.1, 0.15) is 4.34 Å². The molecule has 0 aliphatic heterocycles. The van der Waals surface area contributed by atoms with Crippen LogP contribution in [0.1, 0.15) is 16.8 Å². The molecule has 0 saturated carbocycles. The van der Waals surface area contributed by atoms with Crippen molar-refractivity contribution in [2.75, 3.05) is 5.32 Å². The molecule has 0 spiro atoms. The van der Waals surface area contributed by atoms with Crippen molar-refractivity contribution in [1.82, 2.24) is 4.98 Å². The van der Waals surface area contributed by atoms with E-state index in [1.807, 2.05) is 47.8 Å². The van der Waals surface area contributed by atoms with Gasteiger partial charge >= 0.3 is 0 Å². The van der Waals surface area contributed by atoms with Gasteiger partial charge in [-0.1, -0.05) is 78.0 Å². The highest BCUT2D eigenvalue weighted by molar-refractivity contribution is 8.00. The Balaban J connectivity index is 1.36. The van der Waals surface area contributed by atoms with Crippen LogP contribution in [0.4, 0.5) is 5.69 Å². The van der Waals surface area contributed by atoms with Crippen molar-refractivity contribution < 1.29 is 4.79 Å². The van der Waals surface area contributed by atoms with Crippen LogP contribution in [0.3, 0.4) is 0 Å². The van der Waals surface area contributed by atoms with Crippen molar-refractivity contribution in [2.45, 2.75) is 23.4 Å². The molecule has 28 heavy (non-hydrogen) atoms. The van der Waals surface area contributed by atoms with E-state index in [-0.39, 0.29) is 12.3 Å². The van der Waals surface area contributed by atoms with Crippen molar-refractivity contribution in [3.05, 3.63) is 88.9 Å². The molecule has 0 aliphatic carbocycles. The molecule has 0 aliphatic rings. The number of aromatic nitrogens is 1. The van der Waals surface area contributed by atoms with Crippen LogP contribution >= 0.6 is 23.1 Å². The van der Waals surface area contributed by atoms with Crippen LogP contribution in [0.15, 0.2) is 76.4 Å². The lowest BCUT2D eigenvalue weighted by molar-refractivity contribution is -0.115. The van der Waals surface area contributed by atoms with Gasteiger partial charge in [0.25, 0.3) is 0 Å². The van der Waals surface area contributed by atoms with E-state index in [0.29, 0.717) is 0 Å². The number of carbonyl (C=O) groups excluding carboxylic acids is 1. The minimum Gasteiger partial charge on any atom is -0.325 e. The van der Waals surface area contributed by atoms with Crippen LogP contribution in [0, 0.1) is 6.92 Å². The maximum absolute atomic E-state index is 12.5. The number of hydrogen-bond donors (Lipinski definition) is 1. The summed E-state index contributed by atoms with van der Waals surface area (Å²) in [5.41, 5.74) is 4.20. The predicted octanol–water partition coefficient (Wildman–Crippen LogP) is 6.08. The highest BCUT2D eigenvalue weighted by Crippen LogP contribution is 2.27. The molecule has 1 aromatic heterocycles. The van der Waals surface area contributed by atoms with Gasteiger partial charge in [-0.25, -0.2) is 4.98 Å². The first-order valence-corrected chi connectivity index (χ1v) is 10.9. The number of rotatable bonds is 6. The second-order valence-corrected chi connectivity index (χ2v) is 8.71. The molecule has 0 bridgehead atoms. The number of aryl methyl sites for hydroxylation is 1. The fourth-order valence-electron chi connectivity index (χ4n) is 2.96. The second-order valence-electron chi connectivity index (χ2n) is 6.63. The predicted molar refractivity (Wildman–Crippen MR) is 119 cm³/mol. The third-order valence-corrected chi connectivity index (χ3v) is 6.56. The standard InChI is InChI=1S/C23H20N2OS2/c1-16-9-11-17(12-10-16)14-27-23-24-19(15-28-23)13-22(26)25-21-8-4-6-18-5-2-3-7-20(18)21/h2-12,15H,13-14H2,1H3,(H,25,26). The van der Waals surface area contributed by atoms with E-state index in [9.17, 15) is 4.79 Å². The van der Waals surface area contributed by atoms with E-state index in [2.05, 4.69) is 41.5 Å². The molecule has 0 saturated heterocycles. The van der Waals surface area contributed by atoms with Crippen LogP contribution in [-0.2, 0) is 17.0 Å². The molecule has 5 heteroatoms. The Hall–Kier alpha value is -2.63. The number of fused-ring (bicyclic) bond motifs is 1. The summed E-state index contributed by atoms with van der Waals surface area (Å²) >= 11 is 3.30. The van der Waals surface area contributed by atoms with Crippen molar-refractivity contribution in [3.63, 3.8) is 0 Å². The molecule has 1 N–H and O–H groups in total. The fraction of sp³-hybridized carbons (Fsp3) is 0.130. The zero-order valence-corrected chi connectivity index (χ0v) is 17.1. The van der Waals surface area contributed by atoms with Crippen LogP contribution < -0.4 is 5.32 Å². The van der Waals surface area contributed by atoms with Crippen LogP contribution in [-0.4, -0.2) is 10.9 Å². The minimum absolute atomic E-state index is 0.0447. The number of hydrogen-bond acceptors (Lipinski definition) is 4. The molecule has 0 unspecified atom stereocenters. The fourth-order valence-corrected chi connectivity index (χ4v) is 4.76.